The molecule has 0 unspecified atom stereocenters. The molecule has 0 saturated carbocycles. The minimum Gasteiger partial charge on any atom is -0.288 e. The van der Waals surface area contributed by atoms with Crippen LogP contribution in [0.1, 0.15) is 15.9 Å². The Kier molecular flexibility index (Phi) is 3.15. The lowest BCUT2D eigenvalue weighted by Crippen LogP contribution is -2.06. The highest BCUT2D eigenvalue weighted by atomic mass is 35.5. The lowest BCUT2D eigenvalue weighted by atomic mass is 10.0. The monoisotopic (exact) mass is 253 g/mol. The van der Waals surface area contributed by atoms with Gasteiger partial charge in [-0.1, -0.05) is 17.7 Å². The summed E-state index contributed by atoms with van der Waals surface area (Å²) >= 11 is 5.76. The van der Waals surface area contributed by atoms with Crippen LogP contribution in [0.3, 0.4) is 0 Å². The summed E-state index contributed by atoms with van der Waals surface area (Å²) in [5, 5.41) is 0.0983. The lowest BCUT2D eigenvalue weighted by Gasteiger charge is -2.04. The fourth-order valence-corrected chi connectivity index (χ4v) is 1.59. The van der Waals surface area contributed by atoms with Crippen LogP contribution in [0.25, 0.3) is 0 Å². The Labute approximate surface area is 101 Å². The molecule has 0 spiro atoms. The first kappa shape index (κ1) is 11.7. The standard InChI is InChI=1S/C12H6ClF2NO/c13-9-6-16-5-4-7(9)12(17)8-2-1-3-10(14)11(8)15/h1-6H. The third-order valence-electron chi connectivity index (χ3n) is 2.21. The van der Waals surface area contributed by atoms with Gasteiger partial charge < -0.3 is 0 Å². The second-order valence-electron chi connectivity index (χ2n) is 3.29. The molecule has 0 aliphatic carbocycles. The summed E-state index contributed by atoms with van der Waals surface area (Å²) in [6.07, 6.45) is 2.63. The Morgan fingerprint density at radius 2 is 1.94 bits per heavy atom. The fraction of sp³-hybridized carbons (Fsp3) is 0. The SMILES string of the molecule is O=C(c1ccncc1Cl)c1cccc(F)c1F. The molecule has 1 heterocycles. The van der Waals surface area contributed by atoms with Crippen molar-refractivity contribution in [3.05, 3.63) is 64.4 Å². The molecule has 0 atom stereocenters. The van der Waals surface area contributed by atoms with Crippen molar-refractivity contribution in [1.82, 2.24) is 4.98 Å². The highest BCUT2D eigenvalue weighted by Crippen LogP contribution is 2.20. The van der Waals surface area contributed by atoms with E-state index >= 15 is 0 Å². The number of pyridine rings is 1. The minimum atomic E-state index is -1.18. The van der Waals surface area contributed by atoms with Crippen LogP contribution in [-0.4, -0.2) is 10.8 Å². The van der Waals surface area contributed by atoms with E-state index in [4.69, 9.17) is 11.6 Å². The Hall–Kier alpha value is -1.81. The maximum Gasteiger partial charge on any atom is 0.197 e. The van der Waals surface area contributed by atoms with Gasteiger partial charge in [0.2, 0.25) is 0 Å². The fourth-order valence-electron chi connectivity index (χ4n) is 1.38. The van der Waals surface area contributed by atoms with Crippen molar-refractivity contribution in [2.24, 2.45) is 0 Å². The number of benzene rings is 1. The molecule has 0 fully saturated rings. The van der Waals surface area contributed by atoms with Crippen molar-refractivity contribution < 1.29 is 13.6 Å². The highest BCUT2D eigenvalue weighted by molar-refractivity contribution is 6.34. The molecule has 0 bridgehead atoms. The number of carbonyl (C=O) groups excluding carboxylic acids is 1. The molecular weight excluding hydrogens is 248 g/mol. The van der Waals surface area contributed by atoms with Gasteiger partial charge in [0, 0.05) is 18.0 Å². The van der Waals surface area contributed by atoms with E-state index in [9.17, 15) is 13.6 Å². The first-order valence-corrected chi connectivity index (χ1v) is 5.07. The van der Waals surface area contributed by atoms with Crippen molar-refractivity contribution in [2.45, 2.75) is 0 Å². The summed E-state index contributed by atoms with van der Waals surface area (Å²) < 4.78 is 26.4. The normalized spacial score (nSPS) is 10.3. The zero-order valence-corrected chi connectivity index (χ0v) is 9.21. The van der Waals surface area contributed by atoms with Gasteiger partial charge in [0.1, 0.15) is 0 Å². The van der Waals surface area contributed by atoms with Crippen molar-refractivity contribution in [1.29, 1.82) is 0 Å². The molecule has 0 saturated heterocycles. The van der Waals surface area contributed by atoms with Crippen LogP contribution < -0.4 is 0 Å². The van der Waals surface area contributed by atoms with E-state index in [1.54, 1.807) is 0 Å². The van der Waals surface area contributed by atoms with Crippen LogP contribution in [0, 0.1) is 11.6 Å². The third kappa shape index (κ3) is 2.17. The first-order chi connectivity index (χ1) is 8.11. The quantitative estimate of drug-likeness (QED) is 0.769. The second kappa shape index (κ2) is 4.59. The topological polar surface area (TPSA) is 30.0 Å². The average molecular weight is 254 g/mol. The second-order valence-corrected chi connectivity index (χ2v) is 3.69. The largest absolute Gasteiger partial charge is 0.288 e. The minimum absolute atomic E-state index is 0.0890. The van der Waals surface area contributed by atoms with E-state index in [2.05, 4.69) is 4.98 Å². The van der Waals surface area contributed by atoms with Crippen LogP contribution in [0.2, 0.25) is 5.02 Å². The maximum absolute atomic E-state index is 13.4. The Bertz CT molecular complexity index is 586. The summed E-state index contributed by atoms with van der Waals surface area (Å²) in [5.74, 6) is -2.92. The molecular formula is C12H6ClF2NO. The molecule has 1 aromatic heterocycles. The average Bonchev–Trinajstić information content (AvgIpc) is 2.32. The van der Waals surface area contributed by atoms with Gasteiger partial charge >= 0.3 is 0 Å². The van der Waals surface area contributed by atoms with Gasteiger partial charge in [0.25, 0.3) is 0 Å². The Morgan fingerprint density at radius 1 is 1.18 bits per heavy atom. The van der Waals surface area contributed by atoms with E-state index in [1.165, 1.54) is 30.6 Å². The van der Waals surface area contributed by atoms with Gasteiger partial charge in [-0.3, -0.25) is 9.78 Å². The molecule has 17 heavy (non-hydrogen) atoms. The van der Waals surface area contributed by atoms with E-state index in [0.29, 0.717) is 0 Å². The van der Waals surface area contributed by atoms with Crippen molar-refractivity contribution in [3.8, 4) is 0 Å². The molecule has 0 N–H and O–H groups in total. The zero-order chi connectivity index (χ0) is 12.4. The predicted molar refractivity (Wildman–Crippen MR) is 59.0 cm³/mol. The summed E-state index contributed by atoms with van der Waals surface area (Å²) in [6.45, 7) is 0. The van der Waals surface area contributed by atoms with E-state index in [1.807, 2.05) is 0 Å². The van der Waals surface area contributed by atoms with Crippen molar-refractivity contribution in [3.63, 3.8) is 0 Å². The molecule has 86 valence electrons. The van der Waals surface area contributed by atoms with Gasteiger partial charge in [-0.05, 0) is 18.2 Å². The van der Waals surface area contributed by atoms with Gasteiger partial charge in [-0.25, -0.2) is 8.78 Å². The third-order valence-corrected chi connectivity index (χ3v) is 2.51. The number of aromatic nitrogens is 1. The zero-order valence-electron chi connectivity index (χ0n) is 8.45. The molecule has 2 aromatic rings. The first-order valence-electron chi connectivity index (χ1n) is 4.69. The predicted octanol–water partition coefficient (Wildman–Crippen LogP) is 3.24. The number of nitrogens with zero attached hydrogens (tertiary/aromatic N) is 1. The molecule has 2 nitrogen and oxygen atoms in total. The van der Waals surface area contributed by atoms with E-state index in [-0.39, 0.29) is 16.1 Å². The van der Waals surface area contributed by atoms with Crippen LogP contribution in [0.5, 0.6) is 0 Å². The van der Waals surface area contributed by atoms with Crippen LogP contribution in [0.4, 0.5) is 8.78 Å². The van der Waals surface area contributed by atoms with E-state index < -0.39 is 17.4 Å². The summed E-state index contributed by atoms with van der Waals surface area (Å²) in [6, 6.07) is 4.77. The number of hydrogen-bond acceptors (Lipinski definition) is 2. The smallest absolute Gasteiger partial charge is 0.197 e. The van der Waals surface area contributed by atoms with Crippen LogP contribution in [0.15, 0.2) is 36.7 Å². The van der Waals surface area contributed by atoms with Gasteiger partial charge in [-0.2, -0.15) is 0 Å². The lowest BCUT2D eigenvalue weighted by molar-refractivity contribution is 0.103. The molecule has 1 aromatic carbocycles. The number of rotatable bonds is 2. The van der Waals surface area contributed by atoms with Crippen molar-refractivity contribution >= 4 is 17.4 Å². The Morgan fingerprint density at radius 3 is 2.65 bits per heavy atom. The highest BCUT2D eigenvalue weighted by Gasteiger charge is 2.18. The van der Waals surface area contributed by atoms with Gasteiger partial charge in [0.05, 0.1) is 10.6 Å². The molecule has 0 aliphatic heterocycles. The molecule has 5 heteroatoms. The number of ketones is 1. The number of halogens is 3. The summed E-state index contributed by atoms with van der Waals surface area (Å²) in [7, 11) is 0. The number of carbonyl (C=O) groups is 1. The molecule has 0 aliphatic rings. The van der Waals surface area contributed by atoms with Crippen molar-refractivity contribution in [2.75, 3.05) is 0 Å². The van der Waals surface area contributed by atoms with E-state index in [0.717, 1.165) is 6.07 Å². The summed E-state index contributed by atoms with van der Waals surface area (Å²) in [5.41, 5.74) is -0.260. The summed E-state index contributed by atoms with van der Waals surface area (Å²) in [4.78, 5) is 15.6. The van der Waals surface area contributed by atoms with Gasteiger partial charge in [0.15, 0.2) is 17.4 Å². The van der Waals surface area contributed by atoms with Crippen LogP contribution >= 0.6 is 11.6 Å². The molecule has 0 amide bonds. The molecule has 2 rings (SSSR count). The van der Waals surface area contributed by atoms with Gasteiger partial charge in [-0.15, -0.1) is 0 Å². The molecule has 0 radical (unpaired) electrons. The van der Waals surface area contributed by atoms with Crippen LogP contribution in [-0.2, 0) is 0 Å². The Balaban J connectivity index is 2.52. The number of hydrogen-bond donors (Lipinski definition) is 0. The maximum atomic E-state index is 13.4.